The number of esters is 1. The summed E-state index contributed by atoms with van der Waals surface area (Å²) in [5, 5.41) is 7.07. The molecule has 10 nitrogen and oxygen atoms in total. The van der Waals surface area contributed by atoms with Crippen LogP contribution in [0.25, 0.3) is 0 Å². The van der Waals surface area contributed by atoms with Gasteiger partial charge < -0.3 is 19.3 Å². The molecule has 4 heterocycles. The lowest BCUT2D eigenvalue weighted by Gasteiger charge is -2.53. The summed E-state index contributed by atoms with van der Waals surface area (Å²) >= 11 is 6.21. The lowest BCUT2D eigenvalue weighted by atomic mass is 9.79. The van der Waals surface area contributed by atoms with Gasteiger partial charge in [0.05, 0.1) is 31.4 Å². The topological polar surface area (TPSA) is 95.0 Å². The molecule has 0 radical (unpaired) electrons. The minimum Gasteiger partial charge on any atom is -0.461 e. The van der Waals surface area contributed by atoms with Crippen molar-refractivity contribution in [3.05, 3.63) is 53.6 Å². The minimum atomic E-state index is -1.29. The number of halogens is 1. The van der Waals surface area contributed by atoms with E-state index >= 15 is 0 Å². The molecule has 0 aromatic heterocycles. The Kier molecular flexibility index (Phi) is 7.72. The average Bonchev–Trinajstić information content (AvgIpc) is 3.36. The maximum Gasteiger partial charge on any atom is 0.354 e. The molecule has 0 aliphatic carbocycles. The fourth-order valence-electron chi connectivity index (χ4n) is 6.48. The van der Waals surface area contributed by atoms with Gasteiger partial charge in [-0.05, 0) is 74.7 Å². The summed E-state index contributed by atoms with van der Waals surface area (Å²) < 4.78 is 11.1. The fourth-order valence-corrected chi connectivity index (χ4v) is 6.61. The lowest BCUT2D eigenvalue weighted by molar-refractivity contribution is -0.140. The Morgan fingerprint density at radius 2 is 1.61 bits per heavy atom. The van der Waals surface area contributed by atoms with Crippen LogP contribution in [0.3, 0.4) is 0 Å². The van der Waals surface area contributed by atoms with Gasteiger partial charge in [-0.3, -0.25) is 14.5 Å². The number of carbonyl (C=O) groups is 3. The molecule has 41 heavy (non-hydrogen) atoms. The van der Waals surface area contributed by atoms with Crippen molar-refractivity contribution in [2.45, 2.75) is 38.3 Å². The first kappa shape index (κ1) is 27.7. The van der Waals surface area contributed by atoms with Crippen LogP contribution in [0.4, 0.5) is 17.1 Å². The molecule has 216 valence electrons. The maximum absolute atomic E-state index is 14.9. The molecule has 11 heteroatoms. The normalized spacial score (nSPS) is 25.3. The second-order valence-corrected chi connectivity index (χ2v) is 11.1. The Balaban J connectivity index is 1.42. The van der Waals surface area contributed by atoms with Gasteiger partial charge >= 0.3 is 5.97 Å². The van der Waals surface area contributed by atoms with Crippen molar-refractivity contribution in [3.63, 3.8) is 0 Å². The van der Waals surface area contributed by atoms with Crippen molar-refractivity contribution >= 4 is 52.2 Å². The summed E-state index contributed by atoms with van der Waals surface area (Å²) in [5.41, 5.74) is 1.18. The second kappa shape index (κ2) is 11.4. The van der Waals surface area contributed by atoms with Crippen molar-refractivity contribution in [1.29, 1.82) is 0 Å². The molecule has 0 bridgehead atoms. The first-order valence-corrected chi connectivity index (χ1v) is 14.7. The number of rotatable bonds is 6. The standard InChI is InChI=1S/C30H34ClN5O5/c1-2-41-28(38)27-25-14-16-35(23-12-10-22(11-13-23)34-15-4-3-5-26(34)37)29(39)30(25,33-17-19-40-20-18-33)36(32-27)24-8-6-21(31)7-9-24/h6-13,25H,2-5,14-20H2,1H3. The van der Waals surface area contributed by atoms with Gasteiger partial charge in [-0.1, -0.05) is 11.6 Å². The highest BCUT2D eigenvalue weighted by Crippen LogP contribution is 2.47. The number of ether oxygens (including phenoxy) is 2. The summed E-state index contributed by atoms with van der Waals surface area (Å²) in [4.78, 5) is 46.3. The first-order valence-electron chi connectivity index (χ1n) is 14.3. The van der Waals surface area contributed by atoms with Crippen LogP contribution >= 0.6 is 11.6 Å². The lowest BCUT2D eigenvalue weighted by Crippen LogP contribution is -2.74. The maximum atomic E-state index is 14.9. The van der Waals surface area contributed by atoms with Gasteiger partial charge in [-0.2, -0.15) is 5.10 Å². The number of piperidine rings is 2. The molecule has 0 spiro atoms. The molecule has 0 saturated carbocycles. The molecule has 2 atom stereocenters. The average molecular weight is 580 g/mol. The smallest absolute Gasteiger partial charge is 0.354 e. The van der Waals surface area contributed by atoms with Crippen molar-refractivity contribution in [2.75, 3.05) is 60.8 Å². The Labute approximate surface area is 244 Å². The largest absolute Gasteiger partial charge is 0.461 e. The van der Waals surface area contributed by atoms with E-state index in [1.54, 1.807) is 29.0 Å². The van der Waals surface area contributed by atoms with Gasteiger partial charge in [0, 0.05) is 49.0 Å². The van der Waals surface area contributed by atoms with Crippen molar-refractivity contribution in [1.82, 2.24) is 4.90 Å². The van der Waals surface area contributed by atoms with Crippen molar-refractivity contribution in [3.8, 4) is 0 Å². The van der Waals surface area contributed by atoms with E-state index in [1.165, 1.54) is 0 Å². The van der Waals surface area contributed by atoms with Gasteiger partial charge in [-0.15, -0.1) is 0 Å². The Bertz CT molecular complexity index is 1340. The predicted molar refractivity (Wildman–Crippen MR) is 156 cm³/mol. The molecule has 2 aromatic rings. The predicted octanol–water partition coefficient (Wildman–Crippen LogP) is 3.68. The third kappa shape index (κ3) is 4.77. The highest BCUT2D eigenvalue weighted by Gasteiger charge is 2.65. The molecule has 2 aromatic carbocycles. The summed E-state index contributed by atoms with van der Waals surface area (Å²) in [6.45, 7) is 5.00. The molecule has 0 N–H and O–H groups in total. The number of carbonyl (C=O) groups excluding carboxylic acids is 3. The number of anilines is 3. The Morgan fingerprint density at radius 3 is 2.27 bits per heavy atom. The molecule has 2 amide bonds. The van der Waals surface area contributed by atoms with Crippen LogP contribution in [-0.4, -0.2) is 80.1 Å². The van der Waals surface area contributed by atoms with Crippen LogP contribution in [-0.2, 0) is 23.9 Å². The summed E-state index contributed by atoms with van der Waals surface area (Å²) in [6.07, 6.45) is 2.96. The zero-order chi connectivity index (χ0) is 28.6. The summed E-state index contributed by atoms with van der Waals surface area (Å²) in [7, 11) is 0. The monoisotopic (exact) mass is 579 g/mol. The third-order valence-corrected chi connectivity index (χ3v) is 8.65. The molecule has 6 rings (SSSR count). The van der Waals surface area contributed by atoms with Gasteiger partial charge in [-0.25, -0.2) is 9.80 Å². The molecular formula is C30H34ClN5O5. The van der Waals surface area contributed by atoms with Crippen LogP contribution < -0.4 is 14.8 Å². The fraction of sp³-hybridized carbons (Fsp3) is 0.467. The number of hydrazone groups is 1. The number of nitrogens with zero attached hydrogens (tertiary/aromatic N) is 5. The first-order chi connectivity index (χ1) is 19.9. The van der Waals surface area contributed by atoms with Crippen LogP contribution in [0.1, 0.15) is 32.6 Å². The Morgan fingerprint density at radius 1 is 0.951 bits per heavy atom. The molecule has 4 aliphatic rings. The summed E-state index contributed by atoms with van der Waals surface area (Å²) in [6, 6.07) is 14.8. The summed E-state index contributed by atoms with van der Waals surface area (Å²) in [5.74, 6) is -1.07. The number of fused-ring (bicyclic) bond motifs is 1. The van der Waals surface area contributed by atoms with Crippen LogP contribution in [0.5, 0.6) is 0 Å². The second-order valence-electron chi connectivity index (χ2n) is 10.6. The van der Waals surface area contributed by atoms with E-state index in [2.05, 4.69) is 4.90 Å². The zero-order valence-electron chi connectivity index (χ0n) is 23.1. The van der Waals surface area contributed by atoms with E-state index in [-0.39, 0.29) is 24.1 Å². The third-order valence-electron chi connectivity index (χ3n) is 8.39. The van der Waals surface area contributed by atoms with E-state index in [0.717, 1.165) is 24.2 Å². The van der Waals surface area contributed by atoms with Gasteiger partial charge in [0.15, 0.2) is 5.71 Å². The van der Waals surface area contributed by atoms with Crippen molar-refractivity contribution in [2.24, 2.45) is 11.0 Å². The van der Waals surface area contributed by atoms with E-state index in [1.807, 2.05) is 41.3 Å². The van der Waals surface area contributed by atoms with Crippen molar-refractivity contribution < 1.29 is 23.9 Å². The van der Waals surface area contributed by atoms with E-state index in [0.29, 0.717) is 62.9 Å². The molecule has 3 fully saturated rings. The molecule has 4 aliphatic heterocycles. The molecule has 3 saturated heterocycles. The number of hydrogen-bond acceptors (Lipinski definition) is 8. The molecule has 2 unspecified atom stereocenters. The van der Waals surface area contributed by atoms with E-state index in [9.17, 15) is 14.4 Å². The Hall–Kier alpha value is -3.47. The van der Waals surface area contributed by atoms with Crippen LogP contribution in [0, 0.1) is 5.92 Å². The zero-order valence-corrected chi connectivity index (χ0v) is 23.9. The van der Waals surface area contributed by atoms with E-state index in [4.69, 9.17) is 26.2 Å². The number of benzene rings is 2. The van der Waals surface area contributed by atoms with E-state index < -0.39 is 17.6 Å². The SMILES string of the molecule is CCOC(=O)C1=NN(c2ccc(Cl)cc2)C2(N3CCOCC3)C(=O)N(c3ccc(N4CCCCC4=O)cc3)CCC12. The number of morpholine rings is 1. The highest BCUT2D eigenvalue weighted by atomic mass is 35.5. The van der Waals surface area contributed by atoms with Gasteiger partial charge in [0.25, 0.3) is 5.91 Å². The van der Waals surface area contributed by atoms with Crippen LogP contribution in [0.15, 0.2) is 53.6 Å². The number of hydrogen-bond donors (Lipinski definition) is 0. The highest BCUT2D eigenvalue weighted by molar-refractivity contribution is 6.40. The minimum absolute atomic E-state index is 0.125. The van der Waals surface area contributed by atoms with Crippen LogP contribution in [0.2, 0.25) is 5.02 Å². The molecular weight excluding hydrogens is 546 g/mol. The number of amides is 2. The van der Waals surface area contributed by atoms with Gasteiger partial charge in [0.1, 0.15) is 0 Å². The quantitative estimate of drug-likeness (QED) is 0.482. The van der Waals surface area contributed by atoms with Gasteiger partial charge in [0.2, 0.25) is 11.6 Å².